The van der Waals surface area contributed by atoms with Gasteiger partial charge in [-0.3, -0.25) is 4.79 Å². The Hall–Kier alpha value is -3.11. The maximum atomic E-state index is 13.0. The minimum Gasteiger partial charge on any atom is -0.497 e. The second-order valence-corrected chi connectivity index (χ2v) is 8.15. The Balaban J connectivity index is 1.70. The zero-order valence-electron chi connectivity index (χ0n) is 17.9. The molecule has 0 N–H and O–H groups in total. The van der Waals surface area contributed by atoms with E-state index in [4.69, 9.17) is 14.5 Å². The van der Waals surface area contributed by atoms with E-state index in [9.17, 15) is 4.79 Å². The molecule has 1 saturated heterocycles. The number of morpholine rings is 1. The zero-order valence-corrected chi connectivity index (χ0v) is 18.7. The number of anilines is 1. The van der Waals surface area contributed by atoms with E-state index >= 15 is 0 Å². The van der Waals surface area contributed by atoms with Crippen LogP contribution in [0.25, 0.3) is 11.1 Å². The van der Waals surface area contributed by atoms with Gasteiger partial charge in [-0.15, -0.1) is 5.10 Å². The summed E-state index contributed by atoms with van der Waals surface area (Å²) < 4.78 is 15.4. The largest absolute Gasteiger partial charge is 0.497 e. The molecule has 1 amide bonds. The average Bonchev–Trinajstić information content (AvgIpc) is 3.24. The summed E-state index contributed by atoms with van der Waals surface area (Å²) in [4.78, 5) is 26.5. The molecule has 1 fully saturated rings. The number of aryl methyl sites for hydroxylation is 1. The molecule has 0 saturated carbocycles. The Morgan fingerprint density at radius 3 is 2.90 bits per heavy atom. The fraction of sp³-hybridized carbons (Fsp3) is 0.381. The van der Waals surface area contributed by atoms with Crippen molar-refractivity contribution in [3.8, 4) is 16.9 Å². The van der Waals surface area contributed by atoms with Gasteiger partial charge in [0.25, 0.3) is 5.91 Å². The zero-order chi connectivity index (χ0) is 22.0. The number of carbonyl (C=O) groups is 1. The van der Waals surface area contributed by atoms with E-state index in [-0.39, 0.29) is 12.0 Å². The summed E-state index contributed by atoms with van der Waals surface area (Å²) in [5, 5.41) is 3.96. The summed E-state index contributed by atoms with van der Waals surface area (Å²) in [7, 11) is 5.42. The summed E-state index contributed by atoms with van der Waals surface area (Å²) >= 11 is 1.12. The lowest BCUT2D eigenvalue weighted by atomic mass is 10.0. The van der Waals surface area contributed by atoms with Crippen molar-refractivity contribution >= 4 is 23.4 Å². The van der Waals surface area contributed by atoms with Crippen LogP contribution in [0.3, 0.4) is 0 Å². The first-order chi connectivity index (χ1) is 15.0. The van der Waals surface area contributed by atoms with Crippen molar-refractivity contribution in [1.29, 1.82) is 0 Å². The highest BCUT2D eigenvalue weighted by molar-refractivity contribution is 7.07. The maximum absolute atomic E-state index is 13.0. The van der Waals surface area contributed by atoms with Crippen LogP contribution in [0.5, 0.6) is 5.75 Å². The van der Waals surface area contributed by atoms with Crippen LogP contribution in [-0.2, 0) is 4.74 Å². The quantitative estimate of drug-likeness (QED) is 0.598. The van der Waals surface area contributed by atoms with Gasteiger partial charge in [0.15, 0.2) is 0 Å². The van der Waals surface area contributed by atoms with Crippen molar-refractivity contribution in [2.75, 3.05) is 45.8 Å². The molecule has 1 atom stereocenters. The average molecular weight is 441 g/mol. The molecule has 1 aliphatic rings. The van der Waals surface area contributed by atoms with E-state index in [1.807, 2.05) is 43.3 Å². The molecule has 0 bridgehead atoms. The molecule has 10 heteroatoms. The number of nitrogens with zero attached hydrogens (tertiary/aromatic N) is 6. The van der Waals surface area contributed by atoms with E-state index in [2.05, 4.69) is 14.6 Å². The molecule has 4 rings (SSSR count). The summed E-state index contributed by atoms with van der Waals surface area (Å²) in [6.07, 6.45) is 1.41. The van der Waals surface area contributed by atoms with Gasteiger partial charge in [-0.2, -0.15) is 0 Å². The summed E-state index contributed by atoms with van der Waals surface area (Å²) in [6.45, 7) is 3.10. The summed E-state index contributed by atoms with van der Waals surface area (Å²) in [6, 6.07) is 7.74. The number of hydrogen-bond donors (Lipinski definition) is 0. The van der Waals surface area contributed by atoms with Crippen molar-refractivity contribution in [1.82, 2.24) is 24.5 Å². The fourth-order valence-electron chi connectivity index (χ4n) is 3.43. The smallest absolute Gasteiger partial charge is 0.267 e. The van der Waals surface area contributed by atoms with E-state index in [1.165, 1.54) is 0 Å². The van der Waals surface area contributed by atoms with Crippen molar-refractivity contribution in [2.45, 2.75) is 13.0 Å². The third kappa shape index (κ3) is 4.35. The Morgan fingerprint density at radius 1 is 1.35 bits per heavy atom. The fourth-order valence-corrected chi connectivity index (χ4v) is 4.05. The Kier molecular flexibility index (Phi) is 6.10. The number of hydrogen-bond acceptors (Lipinski definition) is 9. The molecule has 3 heterocycles. The molecule has 0 spiro atoms. The van der Waals surface area contributed by atoms with Gasteiger partial charge in [-0.25, -0.2) is 9.97 Å². The van der Waals surface area contributed by atoms with E-state index in [0.29, 0.717) is 36.2 Å². The van der Waals surface area contributed by atoms with Crippen LogP contribution in [0.2, 0.25) is 0 Å². The summed E-state index contributed by atoms with van der Waals surface area (Å²) in [5.74, 6) is 1.25. The van der Waals surface area contributed by atoms with Crippen LogP contribution in [0.4, 0.5) is 5.95 Å². The van der Waals surface area contributed by atoms with Gasteiger partial charge in [-0.05, 0) is 36.2 Å². The van der Waals surface area contributed by atoms with Crippen LogP contribution in [-0.4, -0.2) is 71.3 Å². The molecular weight excluding hydrogens is 416 g/mol. The molecule has 0 aliphatic carbocycles. The highest BCUT2D eigenvalue weighted by atomic mass is 32.1. The second kappa shape index (κ2) is 8.94. The molecule has 0 unspecified atom stereocenters. The standard InChI is InChI=1S/C21H24N6O3S/c1-13-19(31-25-24-13)20(28)27-8-9-30-17(12-27)18-16(11-22-21(23-18)26(2)3)14-6-5-7-15(10-14)29-4/h5-7,10-11,17H,8-9,12H2,1-4H3/t17-/m1/s1. The monoisotopic (exact) mass is 440 g/mol. The van der Waals surface area contributed by atoms with Crippen LogP contribution in [0.15, 0.2) is 30.5 Å². The normalized spacial score (nSPS) is 16.3. The third-order valence-corrected chi connectivity index (χ3v) is 5.91. The topological polar surface area (TPSA) is 93.6 Å². The maximum Gasteiger partial charge on any atom is 0.267 e. The van der Waals surface area contributed by atoms with E-state index < -0.39 is 0 Å². The molecule has 3 aromatic rings. The van der Waals surface area contributed by atoms with Gasteiger partial charge < -0.3 is 19.3 Å². The van der Waals surface area contributed by atoms with Gasteiger partial charge >= 0.3 is 0 Å². The van der Waals surface area contributed by atoms with Crippen molar-refractivity contribution in [2.24, 2.45) is 0 Å². The predicted octanol–water partition coefficient (Wildman–Crippen LogP) is 2.59. The van der Waals surface area contributed by atoms with Crippen LogP contribution >= 0.6 is 11.5 Å². The first kappa shape index (κ1) is 21.1. The first-order valence-corrected chi connectivity index (χ1v) is 10.6. The number of benzene rings is 1. The van der Waals surface area contributed by atoms with Crippen molar-refractivity contribution in [3.05, 3.63) is 46.7 Å². The SMILES string of the molecule is COc1cccc(-c2cnc(N(C)C)nc2[C@H]2CN(C(=O)c3snnc3C)CCO2)c1. The van der Waals surface area contributed by atoms with Crippen LogP contribution in [0, 0.1) is 6.92 Å². The second-order valence-electron chi connectivity index (χ2n) is 7.39. The Bertz CT molecular complexity index is 1090. The molecular formula is C21H24N6O3S. The Labute approximate surface area is 184 Å². The highest BCUT2D eigenvalue weighted by Crippen LogP contribution is 2.33. The molecule has 162 valence electrons. The van der Waals surface area contributed by atoms with Gasteiger partial charge in [0.1, 0.15) is 16.7 Å². The summed E-state index contributed by atoms with van der Waals surface area (Å²) in [5.41, 5.74) is 3.16. The minimum atomic E-state index is -0.387. The van der Waals surface area contributed by atoms with Gasteiger partial charge in [-0.1, -0.05) is 16.6 Å². The van der Waals surface area contributed by atoms with Gasteiger partial charge in [0.2, 0.25) is 5.95 Å². The molecule has 9 nitrogen and oxygen atoms in total. The highest BCUT2D eigenvalue weighted by Gasteiger charge is 2.31. The molecule has 1 aromatic carbocycles. The van der Waals surface area contributed by atoms with Gasteiger partial charge in [0.05, 0.1) is 31.6 Å². The molecule has 2 aromatic heterocycles. The van der Waals surface area contributed by atoms with Crippen molar-refractivity contribution < 1.29 is 14.3 Å². The molecule has 31 heavy (non-hydrogen) atoms. The molecule has 0 radical (unpaired) electrons. The number of rotatable bonds is 5. The number of amides is 1. The van der Waals surface area contributed by atoms with Crippen LogP contribution in [0.1, 0.15) is 27.2 Å². The van der Waals surface area contributed by atoms with Crippen molar-refractivity contribution in [3.63, 3.8) is 0 Å². The van der Waals surface area contributed by atoms with Gasteiger partial charge in [0, 0.05) is 32.4 Å². The van der Waals surface area contributed by atoms with E-state index in [1.54, 1.807) is 25.1 Å². The van der Waals surface area contributed by atoms with E-state index in [0.717, 1.165) is 34.1 Å². The number of carbonyl (C=O) groups excluding carboxylic acids is 1. The number of ether oxygens (including phenoxy) is 2. The lowest BCUT2D eigenvalue weighted by molar-refractivity contribution is -0.0243. The third-order valence-electron chi connectivity index (χ3n) is 5.09. The van der Waals surface area contributed by atoms with Crippen LogP contribution < -0.4 is 9.64 Å². The minimum absolute atomic E-state index is 0.0781. The predicted molar refractivity (Wildman–Crippen MR) is 118 cm³/mol. The number of aromatic nitrogens is 4. The molecule has 1 aliphatic heterocycles. The first-order valence-electron chi connectivity index (χ1n) is 9.86. The lowest BCUT2D eigenvalue weighted by Crippen LogP contribution is -2.42. The number of methoxy groups -OCH3 is 1. The Morgan fingerprint density at radius 2 is 2.19 bits per heavy atom. The lowest BCUT2D eigenvalue weighted by Gasteiger charge is -2.33.